The van der Waals surface area contributed by atoms with Gasteiger partial charge in [-0.2, -0.15) is 10.2 Å². The number of nitrogens with zero attached hydrogens (tertiary/aromatic N) is 4. The molecular formula is C17H22N4O4. The van der Waals surface area contributed by atoms with E-state index in [2.05, 4.69) is 20.5 Å². The molecule has 0 unspecified atom stereocenters. The Morgan fingerprint density at radius 3 is 2.00 bits per heavy atom. The first-order valence-corrected chi connectivity index (χ1v) is 7.42. The number of carbonyl (C=O) groups is 1. The van der Waals surface area contributed by atoms with Gasteiger partial charge in [-0.05, 0) is 20.8 Å². The summed E-state index contributed by atoms with van der Waals surface area (Å²) in [7, 11) is 4.10. The molecule has 0 aromatic heterocycles. The van der Waals surface area contributed by atoms with Crippen molar-refractivity contribution in [3.63, 3.8) is 0 Å². The van der Waals surface area contributed by atoms with Crippen molar-refractivity contribution in [1.29, 1.82) is 0 Å². The quantitative estimate of drug-likeness (QED) is 0.430. The molecule has 0 aliphatic rings. The minimum absolute atomic E-state index is 0.0491. The molecule has 0 fully saturated rings. The zero-order valence-electron chi connectivity index (χ0n) is 15.2. The predicted molar refractivity (Wildman–Crippen MR) is 97.4 cm³/mol. The third kappa shape index (κ3) is 5.52. The van der Waals surface area contributed by atoms with Crippen LogP contribution in [0.15, 0.2) is 44.8 Å². The molecule has 0 amide bonds. The Labute approximate surface area is 146 Å². The van der Waals surface area contributed by atoms with Gasteiger partial charge in [0.15, 0.2) is 5.71 Å². The second-order valence-electron chi connectivity index (χ2n) is 4.89. The van der Waals surface area contributed by atoms with Crippen LogP contribution in [-0.2, 0) is 19.2 Å². The molecule has 0 aliphatic heterocycles. The molecule has 134 valence electrons. The normalized spacial score (nSPS) is 13.5. The first-order chi connectivity index (χ1) is 12.0. The average molecular weight is 346 g/mol. The summed E-state index contributed by atoms with van der Waals surface area (Å²) in [6.07, 6.45) is 0. The number of carbonyl (C=O) groups excluding carboxylic acids is 1. The van der Waals surface area contributed by atoms with E-state index in [0.717, 1.165) is 0 Å². The number of hydrogen-bond acceptors (Lipinski definition) is 8. The Kier molecular flexibility index (Phi) is 7.98. The maximum atomic E-state index is 12.0. The minimum atomic E-state index is -0.607. The molecule has 0 saturated heterocycles. The maximum Gasteiger partial charge on any atom is 0.360 e. The van der Waals surface area contributed by atoms with Crippen molar-refractivity contribution in [2.24, 2.45) is 20.5 Å². The Balaban J connectivity index is 3.33. The second kappa shape index (κ2) is 9.96. The Morgan fingerprint density at radius 1 is 0.840 bits per heavy atom. The summed E-state index contributed by atoms with van der Waals surface area (Å²) in [5, 5.41) is 15.9. The van der Waals surface area contributed by atoms with E-state index in [1.807, 2.05) is 12.1 Å². The van der Waals surface area contributed by atoms with Gasteiger partial charge in [0.05, 0.1) is 24.2 Å². The molecule has 1 aromatic carbocycles. The number of hydrogen-bond donors (Lipinski definition) is 0. The van der Waals surface area contributed by atoms with Crippen LogP contribution in [0.4, 0.5) is 0 Å². The molecule has 0 heterocycles. The van der Waals surface area contributed by atoms with Gasteiger partial charge in [0, 0.05) is 11.1 Å². The second-order valence-corrected chi connectivity index (χ2v) is 4.89. The van der Waals surface area contributed by atoms with Gasteiger partial charge in [0.25, 0.3) is 0 Å². The summed E-state index contributed by atoms with van der Waals surface area (Å²) in [5.41, 5.74) is 3.08. The van der Waals surface area contributed by atoms with Crippen molar-refractivity contribution in [3.8, 4) is 0 Å². The molecule has 0 radical (unpaired) electrons. The predicted octanol–water partition coefficient (Wildman–Crippen LogP) is 2.42. The van der Waals surface area contributed by atoms with Gasteiger partial charge in [-0.1, -0.05) is 34.6 Å². The lowest BCUT2D eigenvalue weighted by Crippen LogP contribution is -2.20. The van der Waals surface area contributed by atoms with E-state index in [0.29, 0.717) is 28.3 Å². The first-order valence-electron chi connectivity index (χ1n) is 7.42. The number of methoxy groups -OCH3 is 1. The number of benzene rings is 1. The van der Waals surface area contributed by atoms with Crippen molar-refractivity contribution in [2.45, 2.75) is 20.8 Å². The third-order valence-electron chi connectivity index (χ3n) is 3.24. The zero-order valence-corrected chi connectivity index (χ0v) is 15.2. The van der Waals surface area contributed by atoms with Gasteiger partial charge in [-0.15, -0.1) is 0 Å². The van der Waals surface area contributed by atoms with Gasteiger partial charge in [-0.3, -0.25) is 0 Å². The van der Waals surface area contributed by atoms with Crippen LogP contribution < -0.4 is 0 Å². The van der Waals surface area contributed by atoms with E-state index < -0.39 is 5.97 Å². The SMILES string of the molecule is CO\N=C(C)/C(C)=N\N=C(\C)c1ccccc1/C(=N/OC)C(=O)OC. The van der Waals surface area contributed by atoms with Crippen LogP contribution in [0.25, 0.3) is 0 Å². The molecule has 0 atom stereocenters. The largest absolute Gasteiger partial charge is 0.464 e. The Bertz CT molecular complexity index is 736. The maximum absolute atomic E-state index is 12.0. The fraction of sp³-hybridized carbons (Fsp3) is 0.353. The molecule has 1 aromatic rings. The highest BCUT2D eigenvalue weighted by atomic mass is 16.6. The zero-order chi connectivity index (χ0) is 18.8. The van der Waals surface area contributed by atoms with Gasteiger partial charge < -0.3 is 14.4 Å². The molecule has 1 rings (SSSR count). The van der Waals surface area contributed by atoms with Gasteiger partial charge in [0.1, 0.15) is 14.2 Å². The number of oxime groups is 2. The Hall–Kier alpha value is -3.03. The first kappa shape index (κ1) is 20.0. The molecular weight excluding hydrogens is 324 g/mol. The highest BCUT2D eigenvalue weighted by Gasteiger charge is 2.20. The van der Waals surface area contributed by atoms with Crippen LogP contribution in [0.5, 0.6) is 0 Å². The molecule has 0 aliphatic carbocycles. The molecule has 8 heteroatoms. The fourth-order valence-electron chi connectivity index (χ4n) is 1.87. The monoisotopic (exact) mass is 346 g/mol. The Morgan fingerprint density at radius 2 is 1.44 bits per heavy atom. The minimum Gasteiger partial charge on any atom is -0.464 e. The molecule has 25 heavy (non-hydrogen) atoms. The van der Waals surface area contributed by atoms with Crippen LogP contribution in [0.2, 0.25) is 0 Å². The van der Waals surface area contributed by atoms with Crippen molar-refractivity contribution in [3.05, 3.63) is 35.4 Å². The van der Waals surface area contributed by atoms with E-state index in [9.17, 15) is 4.79 Å². The van der Waals surface area contributed by atoms with Gasteiger partial charge in [0.2, 0.25) is 0 Å². The smallest absolute Gasteiger partial charge is 0.360 e. The van der Waals surface area contributed by atoms with Crippen LogP contribution in [0.3, 0.4) is 0 Å². The lowest BCUT2D eigenvalue weighted by Gasteiger charge is -2.09. The lowest BCUT2D eigenvalue weighted by atomic mass is 10.00. The molecule has 0 spiro atoms. The molecule has 8 nitrogen and oxygen atoms in total. The van der Waals surface area contributed by atoms with E-state index in [4.69, 9.17) is 14.4 Å². The van der Waals surface area contributed by atoms with E-state index in [-0.39, 0.29) is 5.71 Å². The van der Waals surface area contributed by atoms with Crippen molar-refractivity contribution in [1.82, 2.24) is 0 Å². The van der Waals surface area contributed by atoms with E-state index in [1.165, 1.54) is 21.3 Å². The van der Waals surface area contributed by atoms with Gasteiger partial charge >= 0.3 is 5.97 Å². The summed E-state index contributed by atoms with van der Waals surface area (Å²) in [6, 6.07) is 7.15. The third-order valence-corrected chi connectivity index (χ3v) is 3.24. The van der Waals surface area contributed by atoms with Crippen molar-refractivity contribution >= 4 is 28.8 Å². The average Bonchev–Trinajstić information content (AvgIpc) is 2.63. The number of rotatable bonds is 7. The van der Waals surface area contributed by atoms with E-state index >= 15 is 0 Å². The summed E-state index contributed by atoms with van der Waals surface area (Å²) in [6.45, 7) is 5.31. The number of esters is 1. The van der Waals surface area contributed by atoms with Crippen LogP contribution >= 0.6 is 0 Å². The van der Waals surface area contributed by atoms with Crippen LogP contribution in [0, 0.1) is 0 Å². The van der Waals surface area contributed by atoms with Crippen LogP contribution in [-0.4, -0.2) is 50.1 Å². The molecule has 0 bridgehead atoms. The summed E-state index contributed by atoms with van der Waals surface area (Å²) in [4.78, 5) is 21.4. The molecule has 0 saturated carbocycles. The van der Waals surface area contributed by atoms with E-state index in [1.54, 1.807) is 32.9 Å². The van der Waals surface area contributed by atoms with Crippen molar-refractivity contribution < 1.29 is 19.2 Å². The topological polar surface area (TPSA) is 94.2 Å². The number of ether oxygens (including phenoxy) is 1. The lowest BCUT2D eigenvalue weighted by molar-refractivity contribution is -0.132. The fourth-order valence-corrected chi connectivity index (χ4v) is 1.87. The van der Waals surface area contributed by atoms with Crippen molar-refractivity contribution in [2.75, 3.05) is 21.3 Å². The summed E-state index contributed by atoms with van der Waals surface area (Å²) >= 11 is 0. The highest BCUT2D eigenvalue weighted by Crippen LogP contribution is 2.13. The van der Waals surface area contributed by atoms with Crippen LogP contribution in [0.1, 0.15) is 31.9 Å². The summed E-state index contributed by atoms with van der Waals surface area (Å²) in [5.74, 6) is -0.607. The standard InChI is InChI=1S/C17H22N4O4/c1-11(12(2)20-24-5)18-19-13(3)14-9-7-8-10-15(14)16(21-25-6)17(22)23-4/h7-10H,1-6H3/b18-11-,19-13-,20-12-,21-16-. The molecule has 0 N–H and O–H groups in total. The summed E-state index contributed by atoms with van der Waals surface area (Å²) < 4.78 is 4.76. The highest BCUT2D eigenvalue weighted by molar-refractivity contribution is 6.44. The van der Waals surface area contributed by atoms with Gasteiger partial charge in [-0.25, -0.2) is 4.79 Å².